The van der Waals surface area contributed by atoms with E-state index in [1.807, 2.05) is 0 Å². The van der Waals surface area contributed by atoms with Gasteiger partial charge in [0.2, 0.25) is 5.91 Å². The summed E-state index contributed by atoms with van der Waals surface area (Å²) in [5, 5.41) is 5.09. The van der Waals surface area contributed by atoms with Crippen LogP contribution in [0.1, 0.15) is 33.3 Å². The van der Waals surface area contributed by atoms with Gasteiger partial charge in [0.05, 0.1) is 14.2 Å². The molecular weight excluding hydrogens is 352 g/mol. The molecule has 0 spiro atoms. The monoisotopic (exact) mass is 380 g/mol. The Morgan fingerprint density at radius 2 is 1.63 bits per heavy atom. The number of ether oxygens (including phenoxy) is 3. The Morgan fingerprint density at radius 3 is 2.11 bits per heavy atom. The fourth-order valence-electron chi connectivity index (χ4n) is 2.21. The van der Waals surface area contributed by atoms with Gasteiger partial charge < -0.3 is 24.8 Å². The zero-order valence-electron chi connectivity index (χ0n) is 16.6. The van der Waals surface area contributed by atoms with Crippen molar-refractivity contribution in [2.75, 3.05) is 14.2 Å². The zero-order valence-corrected chi connectivity index (χ0v) is 16.6. The van der Waals surface area contributed by atoms with Crippen LogP contribution in [0.5, 0.6) is 5.75 Å². The summed E-state index contributed by atoms with van der Waals surface area (Å²) in [6.07, 6.45) is -0.509. The molecular formula is C19H28N2O6. The van der Waals surface area contributed by atoms with Gasteiger partial charge in [-0.1, -0.05) is 12.1 Å². The van der Waals surface area contributed by atoms with Crippen LogP contribution in [0.2, 0.25) is 0 Å². The highest BCUT2D eigenvalue weighted by Gasteiger charge is 2.27. The van der Waals surface area contributed by atoms with E-state index in [1.165, 1.54) is 14.0 Å². The smallest absolute Gasteiger partial charge is 0.408 e. The molecule has 2 amide bonds. The highest BCUT2D eigenvalue weighted by Crippen LogP contribution is 2.13. The fourth-order valence-corrected chi connectivity index (χ4v) is 2.21. The Balaban J connectivity index is 2.91. The summed E-state index contributed by atoms with van der Waals surface area (Å²) in [4.78, 5) is 36.2. The first-order chi connectivity index (χ1) is 12.6. The Hall–Kier alpha value is -2.77. The summed E-state index contributed by atoms with van der Waals surface area (Å²) >= 11 is 0. The maximum absolute atomic E-state index is 12.6. The minimum absolute atomic E-state index is 0.211. The average molecular weight is 380 g/mol. The van der Waals surface area contributed by atoms with Gasteiger partial charge >= 0.3 is 12.1 Å². The van der Waals surface area contributed by atoms with Crippen LogP contribution < -0.4 is 15.4 Å². The summed E-state index contributed by atoms with van der Waals surface area (Å²) in [5.74, 6) is -0.419. The standard InChI is InChI=1S/C19H28N2O6/c1-12(17(23)26-6)20-16(22)15(21-18(24)27-19(2,3)4)11-13-7-9-14(25-5)10-8-13/h7-10,12,15H,11H2,1-6H3,(H,20,22)(H,21,24)/t12-,15-/m0/s1. The number of carbonyl (C=O) groups is 3. The van der Waals surface area contributed by atoms with Gasteiger partial charge in [-0.25, -0.2) is 9.59 Å². The van der Waals surface area contributed by atoms with E-state index in [9.17, 15) is 14.4 Å². The molecule has 0 aliphatic heterocycles. The first-order valence-electron chi connectivity index (χ1n) is 8.56. The first kappa shape index (κ1) is 22.3. The van der Waals surface area contributed by atoms with E-state index in [0.29, 0.717) is 5.75 Å². The second-order valence-corrected chi connectivity index (χ2v) is 7.00. The number of esters is 1. The minimum Gasteiger partial charge on any atom is -0.497 e. The fraction of sp³-hybridized carbons (Fsp3) is 0.526. The molecule has 0 saturated heterocycles. The van der Waals surface area contributed by atoms with Crippen molar-refractivity contribution < 1.29 is 28.6 Å². The summed E-state index contributed by atoms with van der Waals surface area (Å²) in [6.45, 7) is 6.68. The molecule has 27 heavy (non-hydrogen) atoms. The van der Waals surface area contributed by atoms with Gasteiger partial charge in [-0.15, -0.1) is 0 Å². The summed E-state index contributed by atoms with van der Waals surface area (Å²) in [5.41, 5.74) is 0.0996. The van der Waals surface area contributed by atoms with E-state index in [2.05, 4.69) is 15.4 Å². The van der Waals surface area contributed by atoms with Gasteiger partial charge in [-0.3, -0.25) is 4.79 Å². The number of benzene rings is 1. The van der Waals surface area contributed by atoms with Gasteiger partial charge in [0, 0.05) is 6.42 Å². The van der Waals surface area contributed by atoms with E-state index in [4.69, 9.17) is 9.47 Å². The molecule has 1 aromatic rings. The molecule has 0 aromatic heterocycles. The van der Waals surface area contributed by atoms with Crippen LogP contribution in [-0.4, -0.2) is 49.9 Å². The molecule has 0 fully saturated rings. The second kappa shape index (κ2) is 9.80. The number of carbonyl (C=O) groups excluding carboxylic acids is 3. The Bertz CT molecular complexity index is 651. The molecule has 8 nitrogen and oxygen atoms in total. The number of nitrogens with one attached hydrogen (secondary N) is 2. The van der Waals surface area contributed by atoms with Crippen molar-refractivity contribution in [3.63, 3.8) is 0 Å². The highest BCUT2D eigenvalue weighted by molar-refractivity contribution is 5.89. The van der Waals surface area contributed by atoms with Crippen LogP contribution >= 0.6 is 0 Å². The molecule has 2 atom stereocenters. The average Bonchev–Trinajstić information content (AvgIpc) is 2.59. The van der Waals surface area contributed by atoms with Crippen LogP contribution in [0.15, 0.2) is 24.3 Å². The van der Waals surface area contributed by atoms with Crippen molar-refractivity contribution >= 4 is 18.0 Å². The summed E-state index contributed by atoms with van der Waals surface area (Å²) < 4.78 is 14.9. The molecule has 8 heteroatoms. The van der Waals surface area contributed by atoms with Crippen LogP contribution in [0.25, 0.3) is 0 Å². The molecule has 1 rings (SSSR count). The predicted octanol–water partition coefficient (Wildman–Crippen LogP) is 1.81. The van der Waals surface area contributed by atoms with Crippen molar-refractivity contribution in [2.24, 2.45) is 0 Å². The van der Waals surface area contributed by atoms with Crippen molar-refractivity contribution in [2.45, 2.75) is 51.8 Å². The molecule has 0 aliphatic carbocycles. The van der Waals surface area contributed by atoms with Gasteiger partial charge in [0.1, 0.15) is 23.4 Å². The van der Waals surface area contributed by atoms with Crippen LogP contribution in [-0.2, 0) is 25.5 Å². The minimum atomic E-state index is -0.930. The van der Waals surface area contributed by atoms with E-state index in [-0.39, 0.29) is 6.42 Å². The Labute approximate surface area is 159 Å². The number of rotatable bonds is 7. The second-order valence-electron chi connectivity index (χ2n) is 7.00. The molecule has 0 bridgehead atoms. The zero-order chi connectivity index (χ0) is 20.6. The lowest BCUT2D eigenvalue weighted by Gasteiger charge is -2.24. The molecule has 150 valence electrons. The van der Waals surface area contributed by atoms with Gasteiger partial charge in [-0.2, -0.15) is 0 Å². The van der Waals surface area contributed by atoms with Crippen LogP contribution in [0, 0.1) is 0 Å². The normalized spacial score (nSPS) is 13.1. The topological polar surface area (TPSA) is 103 Å². The van der Waals surface area contributed by atoms with E-state index in [1.54, 1.807) is 52.1 Å². The van der Waals surface area contributed by atoms with E-state index in [0.717, 1.165) is 5.56 Å². The largest absolute Gasteiger partial charge is 0.497 e. The maximum atomic E-state index is 12.6. The Morgan fingerprint density at radius 1 is 1.04 bits per heavy atom. The molecule has 0 radical (unpaired) electrons. The maximum Gasteiger partial charge on any atom is 0.408 e. The lowest BCUT2D eigenvalue weighted by atomic mass is 10.0. The highest BCUT2D eigenvalue weighted by atomic mass is 16.6. The summed E-state index contributed by atoms with van der Waals surface area (Å²) in [6, 6.07) is 5.32. The van der Waals surface area contributed by atoms with Gasteiger partial charge in [-0.05, 0) is 45.4 Å². The van der Waals surface area contributed by atoms with Crippen LogP contribution in [0.4, 0.5) is 4.79 Å². The lowest BCUT2D eigenvalue weighted by Crippen LogP contribution is -2.52. The predicted molar refractivity (Wildman–Crippen MR) is 99.5 cm³/mol. The molecule has 0 aliphatic rings. The molecule has 1 aromatic carbocycles. The molecule has 0 heterocycles. The third-order valence-electron chi connectivity index (χ3n) is 3.52. The third-order valence-corrected chi connectivity index (χ3v) is 3.52. The van der Waals surface area contributed by atoms with Crippen molar-refractivity contribution in [3.05, 3.63) is 29.8 Å². The quantitative estimate of drug-likeness (QED) is 0.700. The van der Waals surface area contributed by atoms with Crippen LogP contribution in [0.3, 0.4) is 0 Å². The molecule has 0 saturated carbocycles. The number of alkyl carbamates (subject to hydrolysis) is 1. The molecule has 2 N–H and O–H groups in total. The number of hydrogen-bond acceptors (Lipinski definition) is 6. The van der Waals surface area contributed by atoms with Gasteiger partial charge in [0.15, 0.2) is 0 Å². The number of amides is 2. The Kier molecular flexibility index (Phi) is 8.08. The lowest BCUT2D eigenvalue weighted by molar-refractivity contribution is -0.144. The number of hydrogen-bond donors (Lipinski definition) is 2. The van der Waals surface area contributed by atoms with Crippen molar-refractivity contribution in [1.29, 1.82) is 0 Å². The first-order valence-corrected chi connectivity index (χ1v) is 8.56. The van der Waals surface area contributed by atoms with Crippen molar-refractivity contribution in [1.82, 2.24) is 10.6 Å². The summed E-state index contributed by atoms with van der Waals surface area (Å²) in [7, 11) is 2.79. The van der Waals surface area contributed by atoms with Crippen molar-refractivity contribution in [3.8, 4) is 5.75 Å². The number of methoxy groups -OCH3 is 2. The third kappa shape index (κ3) is 7.98. The van der Waals surface area contributed by atoms with E-state index >= 15 is 0 Å². The van der Waals surface area contributed by atoms with Gasteiger partial charge in [0.25, 0.3) is 0 Å². The van der Waals surface area contributed by atoms with E-state index < -0.39 is 35.7 Å². The SMILES string of the molecule is COC(=O)[C@H](C)NC(=O)[C@H](Cc1ccc(OC)cc1)NC(=O)OC(C)(C)C. The molecule has 0 unspecified atom stereocenters.